The maximum atomic E-state index is 12.6. The first-order chi connectivity index (χ1) is 16.1. The molecule has 1 atom stereocenters. The topological polar surface area (TPSA) is 72.8 Å². The summed E-state index contributed by atoms with van der Waals surface area (Å²) < 4.78 is 11.9. The fourth-order valence-electron chi connectivity index (χ4n) is 3.70. The second-order valence-corrected chi connectivity index (χ2v) is 11.1. The fourth-order valence-corrected chi connectivity index (χ4v) is 3.70. The van der Waals surface area contributed by atoms with Gasteiger partial charge < -0.3 is 14.6 Å². The maximum absolute atomic E-state index is 12.6. The van der Waals surface area contributed by atoms with Gasteiger partial charge in [0.25, 0.3) is 0 Å². The highest BCUT2D eigenvalue weighted by molar-refractivity contribution is 6.00. The number of hydrogen-bond acceptors (Lipinski definition) is 5. The summed E-state index contributed by atoms with van der Waals surface area (Å²) in [6.45, 7) is 18.7. The zero-order chi connectivity index (χ0) is 26.6. The molecule has 0 saturated carbocycles. The molecule has 5 nitrogen and oxygen atoms in total. The third-order valence-electron chi connectivity index (χ3n) is 6.32. The molecule has 0 fully saturated rings. The Kier molecular flexibility index (Phi) is 8.85. The first-order valence-corrected chi connectivity index (χ1v) is 12.0. The van der Waals surface area contributed by atoms with Gasteiger partial charge in [0.05, 0.1) is 18.6 Å². The Morgan fingerprint density at radius 1 is 0.914 bits per heavy atom. The average molecular weight is 481 g/mol. The third kappa shape index (κ3) is 7.12. The predicted octanol–water partition coefficient (Wildman–Crippen LogP) is 5.92. The third-order valence-corrected chi connectivity index (χ3v) is 6.32. The minimum atomic E-state index is -0.802. The number of carbonyl (C=O) groups excluding carboxylic acids is 2. The molecular weight excluding hydrogens is 440 g/mol. The van der Waals surface area contributed by atoms with Crippen LogP contribution in [0.25, 0.3) is 0 Å². The van der Waals surface area contributed by atoms with E-state index in [1.165, 1.54) is 0 Å². The number of rotatable bonds is 12. The van der Waals surface area contributed by atoms with Crippen LogP contribution in [0.2, 0.25) is 0 Å². The number of ether oxygens (including phenoxy) is 2. The lowest BCUT2D eigenvalue weighted by atomic mass is 9.77. The number of aliphatic hydroxyl groups excluding tert-OH is 1. The lowest BCUT2D eigenvalue weighted by Crippen LogP contribution is -2.37. The first-order valence-electron chi connectivity index (χ1n) is 12.0. The Balaban J connectivity index is 2.10. The summed E-state index contributed by atoms with van der Waals surface area (Å²) in [5.74, 6) is 0.530. The van der Waals surface area contributed by atoms with Gasteiger partial charge >= 0.3 is 0 Å². The number of carbonyl (C=O) groups is 2. The van der Waals surface area contributed by atoms with E-state index in [2.05, 4.69) is 20.4 Å². The van der Waals surface area contributed by atoms with Crippen molar-refractivity contribution >= 4 is 11.6 Å². The lowest BCUT2D eigenvalue weighted by molar-refractivity contribution is -0.128. The molecule has 5 heteroatoms. The van der Waals surface area contributed by atoms with Crippen LogP contribution in [-0.2, 0) is 14.9 Å². The molecule has 190 valence electrons. The van der Waals surface area contributed by atoms with Crippen molar-refractivity contribution in [2.75, 3.05) is 13.2 Å². The Hall–Kier alpha value is -2.76. The van der Waals surface area contributed by atoms with Gasteiger partial charge in [0, 0.05) is 11.0 Å². The van der Waals surface area contributed by atoms with Crippen molar-refractivity contribution in [1.29, 1.82) is 0 Å². The normalized spacial score (nSPS) is 13.3. The molecule has 1 N–H and O–H groups in total. The van der Waals surface area contributed by atoms with E-state index in [-0.39, 0.29) is 30.2 Å². The van der Waals surface area contributed by atoms with Gasteiger partial charge in [-0.2, -0.15) is 0 Å². The van der Waals surface area contributed by atoms with Crippen molar-refractivity contribution in [3.8, 4) is 5.75 Å². The molecule has 2 rings (SSSR count). The van der Waals surface area contributed by atoms with Crippen molar-refractivity contribution in [2.24, 2.45) is 5.41 Å². The van der Waals surface area contributed by atoms with E-state index in [1.807, 2.05) is 62.4 Å². The van der Waals surface area contributed by atoms with Gasteiger partial charge in [-0.3, -0.25) is 9.59 Å². The van der Waals surface area contributed by atoms with Crippen LogP contribution in [-0.4, -0.2) is 41.6 Å². The second-order valence-electron chi connectivity index (χ2n) is 11.1. The minimum absolute atomic E-state index is 0.0733. The smallest absolute Gasteiger partial charge is 0.186 e. The van der Waals surface area contributed by atoms with Crippen LogP contribution >= 0.6 is 0 Å². The summed E-state index contributed by atoms with van der Waals surface area (Å²) >= 11 is 0. The number of Topliss-reactive ketones (excluding diaryl/α,β-unsaturated/α-hetero) is 2. The van der Waals surface area contributed by atoms with Gasteiger partial charge in [0.2, 0.25) is 0 Å². The van der Waals surface area contributed by atoms with E-state index in [0.29, 0.717) is 16.9 Å². The Bertz CT molecular complexity index is 1040. The molecule has 0 spiro atoms. The van der Waals surface area contributed by atoms with Crippen molar-refractivity contribution in [3.05, 3.63) is 77.4 Å². The van der Waals surface area contributed by atoms with Gasteiger partial charge in [-0.25, -0.2) is 0 Å². The summed E-state index contributed by atoms with van der Waals surface area (Å²) in [5.41, 5.74) is 1.54. The zero-order valence-electron chi connectivity index (χ0n) is 22.4. The largest absolute Gasteiger partial charge is 0.485 e. The van der Waals surface area contributed by atoms with Crippen LogP contribution in [0, 0.1) is 5.41 Å². The van der Waals surface area contributed by atoms with E-state index >= 15 is 0 Å². The molecule has 35 heavy (non-hydrogen) atoms. The molecule has 2 aromatic carbocycles. The quantitative estimate of drug-likeness (QED) is 0.301. The minimum Gasteiger partial charge on any atom is -0.485 e. The number of aliphatic hydroxyl groups is 1. The van der Waals surface area contributed by atoms with Crippen molar-refractivity contribution in [3.63, 3.8) is 0 Å². The monoisotopic (exact) mass is 480 g/mol. The predicted molar refractivity (Wildman–Crippen MR) is 140 cm³/mol. The van der Waals surface area contributed by atoms with Gasteiger partial charge in [-0.05, 0) is 56.5 Å². The molecule has 2 aromatic rings. The Morgan fingerprint density at radius 3 is 1.86 bits per heavy atom. The van der Waals surface area contributed by atoms with E-state index in [9.17, 15) is 14.7 Å². The highest BCUT2D eigenvalue weighted by Gasteiger charge is 2.29. The van der Waals surface area contributed by atoms with Gasteiger partial charge in [-0.15, -0.1) is 0 Å². The Labute approximate surface area is 210 Å². The molecule has 1 unspecified atom stereocenters. The zero-order valence-corrected chi connectivity index (χ0v) is 22.4. The van der Waals surface area contributed by atoms with Crippen LogP contribution in [0.15, 0.2) is 60.7 Å². The summed E-state index contributed by atoms with van der Waals surface area (Å²) in [6.07, 6.45) is -0.560. The molecular formula is C30H40O5. The van der Waals surface area contributed by atoms with Crippen LogP contribution in [0.3, 0.4) is 0 Å². The highest BCUT2D eigenvalue weighted by atomic mass is 16.5. The van der Waals surface area contributed by atoms with Gasteiger partial charge in [0.1, 0.15) is 17.5 Å². The maximum Gasteiger partial charge on any atom is 0.186 e. The van der Waals surface area contributed by atoms with Crippen molar-refractivity contribution < 1.29 is 24.2 Å². The number of benzene rings is 2. The molecule has 0 aromatic heterocycles. The molecule has 0 aliphatic carbocycles. The second kappa shape index (κ2) is 10.9. The molecule has 0 radical (unpaired) electrons. The van der Waals surface area contributed by atoms with Crippen LogP contribution in [0.5, 0.6) is 5.75 Å². The van der Waals surface area contributed by atoms with Crippen LogP contribution in [0.1, 0.15) is 76.9 Å². The van der Waals surface area contributed by atoms with Gasteiger partial charge in [-0.1, -0.05) is 70.7 Å². The summed E-state index contributed by atoms with van der Waals surface area (Å²) in [7, 11) is 0. The summed E-state index contributed by atoms with van der Waals surface area (Å²) in [5, 5.41) is 9.49. The van der Waals surface area contributed by atoms with Crippen molar-refractivity contribution in [1.82, 2.24) is 0 Å². The van der Waals surface area contributed by atoms with E-state index in [1.54, 1.807) is 27.7 Å². The van der Waals surface area contributed by atoms with Crippen LogP contribution in [0.4, 0.5) is 0 Å². The van der Waals surface area contributed by atoms with Crippen LogP contribution < -0.4 is 4.74 Å². The number of ketones is 2. The summed E-state index contributed by atoms with van der Waals surface area (Å²) in [4.78, 5) is 24.6. The lowest BCUT2D eigenvalue weighted by Gasteiger charge is -2.29. The molecule has 0 amide bonds. The molecule has 0 bridgehead atoms. The van der Waals surface area contributed by atoms with E-state index in [4.69, 9.17) is 9.47 Å². The SMILES string of the molecule is C=C(C)C(=O)C(C)OCC(C)(C)Oc1ccc(C(C)(C)c2ccc(C(=O)C(C)(C)CO)cc2)cc1. The van der Waals surface area contributed by atoms with Gasteiger partial charge in [0.15, 0.2) is 11.6 Å². The fraction of sp³-hybridized carbons (Fsp3) is 0.467. The molecule has 0 saturated heterocycles. The van der Waals surface area contributed by atoms with E-state index < -0.39 is 17.1 Å². The average Bonchev–Trinajstić information content (AvgIpc) is 2.81. The molecule has 0 aliphatic rings. The summed E-state index contributed by atoms with van der Waals surface area (Å²) in [6, 6.07) is 15.5. The Morgan fingerprint density at radius 2 is 1.40 bits per heavy atom. The molecule has 0 aliphatic heterocycles. The van der Waals surface area contributed by atoms with Crippen molar-refractivity contribution in [2.45, 2.75) is 72.5 Å². The molecule has 0 heterocycles. The standard InChI is InChI=1S/C30H40O5/c1-20(2)26(32)21(3)34-19-29(6,7)35-25-16-14-24(15-17-25)30(8,9)23-12-10-22(11-13-23)27(33)28(4,5)18-31/h10-17,21,31H,1,18-19H2,2-9H3. The first kappa shape index (κ1) is 28.5. The highest BCUT2D eigenvalue weighted by Crippen LogP contribution is 2.34. The number of hydrogen-bond donors (Lipinski definition) is 1. The van der Waals surface area contributed by atoms with E-state index in [0.717, 1.165) is 11.1 Å².